The molecule has 0 fully saturated rings. The van der Waals surface area contributed by atoms with Crippen LogP contribution in [0.2, 0.25) is 0 Å². The first kappa shape index (κ1) is 13.8. The van der Waals surface area contributed by atoms with Gasteiger partial charge in [-0.25, -0.2) is 22.4 Å². The van der Waals surface area contributed by atoms with Crippen LogP contribution in [0.25, 0.3) is 16.8 Å². The summed E-state index contributed by atoms with van der Waals surface area (Å²) >= 11 is 0. The van der Waals surface area contributed by atoms with Gasteiger partial charge < -0.3 is 5.73 Å². The molecule has 1 aromatic carbocycles. The van der Waals surface area contributed by atoms with Gasteiger partial charge in [-0.15, -0.1) is 0 Å². The van der Waals surface area contributed by atoms with Crippen molar-refractivity contribution in [3.05, 3.63) is 54.5 Å². The van der Waals surface area contributed by atoms with E-state index in [1.54, 1.807) is 34.7 Å². The summed E-state index contributed by atoms with van der Waals surface area (Å²) in [6, 6.07) is 8.36. The number of anilines is 1. The summed E-state index contributed by atoms with van der Waals surface area (Å²) < 4.78 is 28.5. The number of fused-ring (bicyclic) bond motifs is 3. The molecule has 0 atom stereocenters. The van der Waals surface area contributed by atoms with Crippen LogP contribution in [0.4, 0.5) is 5.82 Å². The van der Waals surface area contributed by atoms with E-state index in [2.05, 4.69) is 9.97 Å². The molecule has 0 amide bonds. The average Bonchev–Trinajstić information content (AvgIpc) is 3.11. The Morgan fingerprint density at radius 3 is 2.52 bits per heavy atom. The molecule has 0 bridgehead atoms. The largest absolute Gasteiger partial charge is 0.383 e. The van der Waals surface area contributed by atoms with Crippen LogP contribution in [-0.4, -0.2) is 26.8 Å². The highest BCUT2D eigenvalue weighted by Gasteiger charge is 2.21. The van der Waals surface area contributed by atoms with E-state index in [0.29, 0.717) is 22.6 Å². The molecule has 4 rings (SSSR count). The van der Waals surface area contributed by atoms with Crippen LogP contribution < -0.4 is 5.73 Å². The lowest BCUT2D eigenvalue weighted by atomic mass is 10.2. The zero-order chi connectivity index (χ0) is 16.2. The molecule has 2 N–H and O–H groups in total. The summed E-state index contributed by atoms with van der Waals surface area (Å²) in [7, 11) is -3.72. The minimum atomic E-state index is -3.72. The first-order chi connectivity index (χ1) is 11.0. The minimum Gasteiger partial charge on any atom is -0.383 e. The topological polar surface area (TPSA) is 95.3 Å². The summed E-state index contributed by atoms with van der Waals surface area (Å²) in [4.78, 5) is 8.57. The van der Waals surface area contributed by atoms with Gasteiger partial charge in [-0.2, -0.15) is 0 Å². The van der Waals surface area contributed by atoms with Crippen LogP contribution in [-0.2, 0) is 10.0 Å². The fraction of sp³-hybridized carbons (Fsp3) is 0.0667. The third-order valence-corrected chi connectivity index (χ3v) is 5.42. The smallest absolute Gasteiger partial charge is 0.269 e. The van der Waals surface area contributed by atoms with Crippen molar-refractivity contribution in [1.82, 2.24) is 18.3 Å². The Morgan fingerprint density at radius 1 is 1.04 bits per heavy atom. The van der Waals surface area contributed by atoms with E-state index in [0.717, 1.165) is 9.54 Å². The second-order valence-corrected chi connectivity index (χ2v) is 7.09. The highest BCUT2D eigenvalue weighted by atomic mass is 32.2. The maximum Gasteiger partial charge on any atom is 0.269 e. The Balaban J connectivity index is 2.00. The molecule has 0 unspecified atom stereocenters. The molecule has 0 aliphatic rings. The molecule has 0 saturated carbocycles. The standard InChI is InChI=1S/C15H13N5O2S/c1-10-2-4-11(5-3-10)23(21,22)19-7-6-12-15(19)18-9-14-17-8-13(16)20(12)14/h2-9H,16H2,1H3. The van der Waals surface area contributed by atoms with Crippen molar-refractivity contribution >= 4 is 32.7 Å². The Bertz CT molecular complexity index is 1140. The molecule has 3 heterocycles. The molecule has 23 heavy (non-hydrogen) atoms. The number of nitrogens with two attached hydrogens (primary N) is 1. The zero-order valence-corrected chi connectivity index (χ0v) is 13.0. The third-order valence-electron chi connectivity index (χ3n) is 3.74. The minimum absolute atomic E-state index is 0.209. The fourth-order valence-corrected chi connectivity index (χ4v) is 3.86. The summed E-state index contributed by atoms with van der Waals surface area (Å²) in [5.74, 6) is 0.429. The van der Waals surface area contributed by atoms with Crippen LogP contribution in [0.15, 0.2) is 53.8 Å². The van der Waals surface area contributed by atoms with Crippen molar-refractivity contribution in [2.45, 2.75) is 11.8 Å². The lowest BCUT2D eigenvalue weighted by Crippen LogP contribution is -2.12. The monoisotopic (exact) mass is 327 g/mol. The first-order valence-electron chi connectivity index (χ1n) is 6.90. The van der Waals surface area contributed by atoms with E-state index < -0.39 is 10.0 Å². The van der Waals surface area contributed by atoms with Crippen LogP contribution in [0.1, 0.15) is 5.56 Å². The van der Waals surface area contributed by atoms with E-state index >= 15 is 0 Å². The molecule has 0 aliphatic heterocycles. The van der Waals surface area contributed by atoms with Crippen LogP contribution in [0.3, 0.4) is 0 Å². The predicted molar refractivity (Wildman–Crippen MR) is 86.7 cm³/mol. The summed E-state index contributed by atoms with van der Waals surface area (Å²) in [6.07, 6.45) is 4.49. The van der Waals surface area contributed by atoms with E-state index in [4.69, 9.17) is 5.73 Å². The number of hydrogen-bond donors (Lipinski definition) is 1. The summed E-state index contributed by atoms with van der Waals surface area (Å²) in [5.41, 5.74) is 8.36. The molecular weight excluding hydrogens is 314 g/mol. The van der Waals surface area contributed by atoms with Crippen molar-refractivity contribution in [3.63, 3.8) is 0 Å². The molecule has 0 spiro atoms. The lowest BCUT2D eigenvalue weighted by Gasteiger charge is -2.07. The van der Waals surface area contributed by atoms with Crippen LogP contribution in [0.5, 0.6) is 0 Å². The molecular formula is C15H13N5O2S. The van der Waals surface area contributed by atoms with E-state index in [1.165, 1.54) is 18.6 Å². The number of aromatic nitrogens is 4. The second-order valence-electron chi connectivity index (χ2n) is 5.27. The van der Waals surface area contributed by atoms with Gasteiger partial charge in [0.1, 0.15) is 5.82 Å². The van der Waals surface area contributed by atoms with Gasteiger partial charge >= 0.3 is 0 Å². The third kappa shape index (κ3) is 1.92. The average molecular weight is 327 g/mol. The van der Waals surface area contributed by atoms with Gasteiger partial charge in [-0.1, -0.05) is 17.7 Å². The van der Waals surface area contributed by atoms with Gasteiger partial charge in [0.25, 0.3) is 10.0 Å². The molecule has 0 radical (unpaired) electrons. The SMILES string of the molecule is Cc1ccc(S(=O)(=O)n2ccc3c2ncc2ncc(N)n23)cc1. The van der Waals surface area contributed by atoms with Crippen LogP contribution >= 0.6 is 0 Å². The van der Waals surface area contributed by atoms with Crippen molar-refractivity contribution in [2.75, 3.05) is 5.73 Å². The summed E-state index contributed by atoms with van der Waals surface area (Å²) in [6.45, 7) is 1.90. The predicted octanol–water partition coefficient (Wildman–Crippen LogP) is 1.81. The zero-order valence-electron chi connectivity index (χ0n) is 12.2. The number of nitrogens with zero attached hydrogens (tertiary/aromatic N) is 4. The highest BCUT2D eigenvalue weighted by Crippen LogP contribution is 2.23. The van der Waals surface area contributed by atoms with Gasteiger partial charge in [-0.3, -0.25) is 4.40 Å². The van der Waals surface area contributed by atoms with Gasteiger partial charge in [-0.05, 0) is 25.1 Å². The number of aryl methyl sites for hydroxylation is 1. The fourth-order valence-electron chi connectivity index (χ4n) is 2.56. The lowest BCUT2D eigenvalue weighted by molar-refractivity contribution is 0.588. The Kier molecular flexibility index (Phi) is 2.73. The van der Waals surface area contributed by atoms with Crippen molar-refractivity contribution in [3.8, 4) is 0 Å². The van der Waals surface area contributed by atoms with Crippen molar-refractivity contribution in [2.24, 2.45) is 0 Å². The first-order valence-corrected chi connectivity index (χ1v) is 8.34. The Labute approximate surface area is 132 Å². The molecule has 0 aliphatic carbocycles. The number of hydrogen-bond acceptors (Lipinski definition) is 5. The van der Waals surface area contributed by atoms with Gasteiger partial charge in [0.2, 0.25) is 0 Å². The molecule has 116 valence electrons. The van der Waals surface area contributed by atoms with Gasteiger partial charge in [0.05, 0.1) is 22.8 Å². The molecule has 3 aromatic heterocycles. The van der Waals surface area contributed by atoms with Crippen LogP contribution in [0, 0.1) is 6.92 Å². The Hall–Kier alpha value is -2.87. The molecule has 7 nitrogen and oxygen atoms in total. The maximum atomic E-state index is 12.8. The Morgan fingerprint density at radius 2 is 1.78 bits per heavy atom. The molecule has 4 aromatic rings. The number of rotatable bonds is 2. The number of benzene rings is 1. The maximum absolute atomic E-state index is 12.8. The van der Waals surface area contributed by atoms with E-state index in [9.17, 15) is 8.42 Å². The quantitative estimate of drug-likeness (QED) is 0.606. The highest BCUT2D eigenvalue weighted by molar-refractivity contribution is 7.90. The van der Waals surface area contributed by atoms with Crippen molar-refractivity contribution < 1.29 is 8.42 Å². The van der Waals surface area contributed by atoms with Gasteiger partial charge in [0.15, 0.2) is 11.3 Å². The second kappa shape index (κ2) is 4.56. The van der Waals surface area contributed by atoms with E-state index in [-0.39, 0.29) is 4.90 Å². The molecule has 0 saturated heterocycles. The van der Waals surface area contributed by atoms with Gasteiger partial charge in [0, 0.05) is 6.20 Å². The molecule has 8 heteroatoms. The summed E-state index contributed by atoms with van der Waals surface area (Å²) in [5, 5.41) is 0. The number of nitrogen functional groups attached to an aromatic ring is 1. The number of imidazole rings is 1. The van der Waals surface area contributed by atoms with E-state index in [1.807, 2.05) is 6.92 Å². The normalized spacial score (nSPS) is 12.2. The van der Waals surface area contributed by atoms with Crippen molar-refractivity contribution in [1.29, 1.82) is 0 Å².